The lowest BCUT2D eigenvalue weighted by Crippen LogP contribution is -2.48. The highest BCUT2D eigenvalue weighted by atomic mass is 32.1. The number of aromatic hydroxyl groups is 1. The van der Waals surface area contributed by atoms with Crippen molar-refractivity contribution in [2.45, 2.75) is 25.2 Å². The predicted molar refractivity (Wildman–Crippen MR) is 107 cm³/mol. The number of nitriles is 1. The van der Waals surface area contributed by atoms with E-state index in [1.54, 1.807) is 0 Å². The van der Waals surface area contributed by atoms with Gasteiger partial charge in [-0.25, -0.2) is 5.01 Å². The summed E-state index contributed by atoms with van der Waals surface area (Å²) in [6.45, 7) is 0. The van der Waals surface area contributed by atoms with Gasteiger partial charge in [0.05, 0.1) is 23.3 Å². The van der Waals surface area contributed by atoms with Gasteiger partial charge in [0.15, 0.2) is 5.78 Å². The second kappa shape index (κ2) is 7.45. The van der Waals surface area contributed by atoms with Gasteiger partial charge in [0.25, 0.3) is 5.91 Å². The number of nitrogens with zero attached hydrogens (tertiary/aromatic N) is 2. The summed E-state index contributed by atoms with van der Waals surface area (Å²) in [5.74, 6) is -0.832. The average molecular weight is 406 g/mol. The Kier molecular flexibility index (Phi) is 4.82. The van der Waals surface area contributed by atoms with E-state index in [1.165, 1.54) is 40.6 Å². The van der Waals surface area contributed by atoms with Crippen LogP contribution in [0.25, 0.3) is 0 Å². The molecule has 1 aromatic carbocycles. The Bertz CT molecular complexity index is 1080. The Morgan fingerprint density at radius 1 is 1.28 bits per heavy atom. The molecule has 0 saturated carbocycles. The molecule has 1 aliphatic heterocycles. The van der Waals surface area contributed by atoms with Crippen LogP contribution in [-0.4, -0.2) is 21.8 Å². The summed E-state index contributed by atoms with van der Waals surface area (Å²) in [6.07, 6.45) is 1.62. The molecule has 1 atom stereocenters. The number of phenolic OH excluding ortho intramolecular Hbond substituents is 1. The van der Waals surface area contributed by atoms with Crippen LogP contribution in [0.1, 0.15) is 40.4 Å². The number of nitrogens with two attached hydrogens (primary N) is 1. The first-order chi connectivity index (χ1) is 14.0. The SMILES string of the molecule is N#CC1=C(N)N(NC(=O)c2ccc(O)cc2)C2=C(C(=O)CCC2)C1c1cccs1. The summed E-state index contributed by atoms with van der Waals surface area (Å²) in [6, 6.07) is 11.7. The fourth-order valence-electron chi connectivity index (χ4n) is 3.73. The van der Waals surface area contributed by atoms with Crippen LogP contribution in [0.5, 0.6) is 5.75 Å². The zero-order chi connectivity index (χ0) is 20.5. The van der Waals surface area contributed by atoms with E-state index in [2.05, 4.69) is 11.5 Å². The lowest BCUT2D eigenvalue weighted by molar-refractivity contribution is -0.116. The molecule has 4 rings (SSSR count). The number of phenols is 1. The highest BCUT2D eigenvalue weighted by Gasteiger charge is 2.40. The zero-order valence-electron chi connectivity index (χ0n) is 15.4. The fraction of sp³-hybridized carbons (Fsp3) is 0.190. The topological polar surface area (TPSA) is 119 Å². The van der Waals surface area contributed by atoms with Crippen molar-refractivity contribution in [2.24, 2.45) is 5.73 Å². The lowest BCUT2D eigenvalue weighted by Gasteiger charge is -2.38. The molecule has 0 saturated heterocycles. The Morgan fingerprint density at radius 2 is 2.03 bits per heavy atom. The Labute approximate surface area is 171 Å². The summed E-state index contributed by atoms with van der Waals surface area (Å²) in [5, 5.41) is 22.5. The van der Waals surface area contributed by atoms with E-state index in [9.17, 15) is 20.0 Å². The van der Waals surface area contributed by atoms with E-state index >= 15 is 0 Å². The minimum Gasteiger partial charge on any atom is -0.508 e. The largest absolute Gasteiger partial charge is 0.508 e. The van der Waals surface area contributed by atoms with E-state index in [0.717, 1.165) is 4.88 Å². The van der Waals surface area contributed by atoms with Crippen molar-refractivity contribution < 1.29 is 14.7 Å². The quantitative estimate of drug-likeness (QED) is 0.721. The van der Waals surface area contributed by atoms with Gasteiger partial charge in [0.2, 0.25) is 0 Å². The van der Waals surface area contributed by atoms with Gasteiger partial charge >= 0.3 is 0 Å². The molecule has 8 heteroatoms. The van der Waals surface area contributed by atoms with Gasteiger partial charge < -0.3 is 10.8 Å². The predicted octanol–water partition coefficient (Wildman–Crippen LogP) is 2.90. The van der Waals surface area contributed by atoms with Crippen LogP contribution in [0, 0.1) is 11.3 Å². The van der Waals surface area contributed by atoms with Crippen molar-refractivity contribution in [2.75, 3.05) is 0 Å². The second-order valence-corrected chi connectivity index (χ2v) is 7.80. The molecular formula is C21H18N4O3S. The van der Waals surface area contributed by atoms with E-state index in [-0.39, 0.29) is 22.9 Å². The molecule has 1 amide bonds. The number of allylic oxidation sites excluding steroid dienone is 3. The van der Waals surface area contributed by atoms with Crippen LogP contribution in [0.15, 0.2) is 64.4 Å². The smallest absolute Gasteiger partial charge is 0.270 e. The molecule has 2 aliphatic rings. The maximum Gasteiger partial charge on any atom is 0.270 e. The molecule has 0 fully saturated rings. The van der Waals surface area contributed by atoms with Crippen LogP contribution in [0.3, 0.4) is 0 Å². The van der Waals surface area contributed by atoms with Gasteiger partial charge in [-0.3, -0.25) is 15.0 Å². The van der Waals surface area contributed by atoms with Gasteiger partial charge in [-0.15, -0.1) is 11.3 Å². The third kappa shape index (κ3) is 3.26. The van der Waals surface area contributed by atoms with Gasteiger partial charge in [-0.05, 0) is 48.6 Å². The Balaban J connectivity index is 1.78. The number of rotatable bonds is 3. The molecular weight excluding hydrogens is 388 g/mol. The number of benzene rings is 1. The molecule has 0 radical (unpaired) electrons. The first-order valence-electron chi connectivity index (χ1n) is 9.10. The van der Waals surface area contributed by atoms with E-state index in [4.69, 9.17) is 5.73 Å². The molecule has 2 heterocycles. The number of carbonyl (C=O) groups excluding carboxylic acids is 2. The van der Waals surface area contributed by atoms with Crippen molar-refractivity contribution in [1.29, 1.82) is 5.26 Å². The van der Waals surface area contributed by atoms with Gasteiger partial charge in [-0.1, -0.05) is 6.07 Å². The zero-order valence-corrected chi connectivity index (χ0v) is 16.2. The molecule has 2 aromatic rings. The van der Waals surface area contributed by atoms with Crippen molar-refractivity contribution in [3.8, 4) is 11.8 Å². The Morgan fingerprint density at radius 3 is 2.69 bits per heavy atom. The number of hydrazine groups is 1. The average Bonchev–Trinajstić information content (AvgIpc) is 3.24. The number of carbonyl (C=O) groups is 2. The third-order valence-corrected chi connectivity index (χ3v) is 6.02. The molecule has 0 bridgehead atoms. The summed E-state index contributed by atoms with van der Waals surface area (Å²) >= 11 is 1.46. The number of hydrogen-bond donors (Lipinski definition) is 3. The second-order valence-electron chi connectivity index (χ2n) is 6.82. The summed E-state index contributed by atoms with van der Waals surface area (Å²) in [7, 11) is 0. The van der Waals surface area contributed by atoms with Crippen LogP contribution in [-0.2, 0) is 4.79 Å². The summed E-state index contributed by atoms with van der Waals surface area (Å²) in [5.41, 5.74) is 10.8. The molecule has 146 valence electrons. The maximum absolute atomic E-state index is 12.8. The van der Waals surface area contributed by atoms with Gasteiger partial charge in [-0.2, -0.15) is 5.26 Å². The highest BCUT2D eigenvalue weighted by Crippen LogP contribution is 2.45. The third-order valence-electron chi connectivity index (χ3n) is 5.08. The number of Topliss-reactive ketones (excluding diaryl/α,β-unsaturated/α-hetero) is 1. The molecule has 1 aromatic heterocycles. The number of amides is 1. The van der Waals surface area contributed by atoms with E-state index in [0.29, 0.717) is 36.1 Å². The lowest BCUT2D eigenvalue weighted by atomic mass is 9.79. The van der Waals surface area contributed by atoms with Crippen molar-refractivity contribution in [3.05, 3.63) is 74.9 Å². The standard InChI is InChI=1S/C21H18N4O3S/c22-11-14-18(17-5-2-10-29-17)19-15(3-1-4-16(19)27)25(20(14)23)24-21(28)12-6-8-13(26)9-7-12/h2,5-10,18,26H,1,3-4,23H2,(H,24,28). The first-order valence-corrected chi connectivity index (χ1v) is 9.98. The van der Waals surface area contributed by atoms with Crippen molar-refractivity contribution in [1.82, 2.24) is 10.4 Å². The molecule has 7 nitrogen and oxygen atoms in total. The maximum atomic E-state index is 12.8. The molecule has 1 unspecified atom stereocenters. The van der Waals surface area contributed by atoms with Crippen LogP contribution < -0.4 is 11.2 Å². The van der Waals surface area contributed by atoms with E-state index < -0.39 is 11.8 Å². The van der Waals surface area contributed by atoms with Crippen molar-refractivity contribution >= 4 is 23.0 Å². The summed E-state index contributed by atoms with van der Waals surface area (Å²) < 4.78 is 0. The minimum absolute atomic E-state index is 0.0335. The number of ketones is 1. The van der Waals surface area contributed by atoms with Gasteiger partial charge in [0, 0.05) is 22.4 Å². The first kappa shape index (κ1) is 18.8. The van der Waals surface area contributed by atoms with E-state index in [1.807, 2.05) is 17.5 Å². The number of hydrogen-bond acceptors (Lipinski definition) is 7. The fourth-order valence-corrected chi connectivity index (χ4v) is 4.58. The minimum atomic E-state index is -0.510. The van der Waals surface area contributed by atoms with Crippen LogP contribution >= 0.6 is 11.3 Å². The number of nitrogens with one attached hydrogen (secondary N) is 1. The monoisotopic (exact) mass is 406 g/mol. The highest BCUT2D eigenvalue weighted by molar-refractivity contribution is 7.10. The van der Waals surface area contributed by atoms with Crippen LogP contribution in [0.4, 0.5) is 0 Å². The van der Waals surface area contributed by atoms with Crippen LogP contribution in [0.2, 0.25) is 0 Å². The Hall–Kier alpha value is -3.57. The normalized spacial score (nSPS) is 19.1. The number of thiophene rings is 1. The molecule has 0 spiro atoms. The van der Waals surface area contributed by atoms with Gasteiger partial charge in [0.1, 0.15) is 11.6 Å². The molecule has 4 N–H and O–H groups in total. The molecule has 29 heavy (non-hydrogen) atoms. The van der Waals surface area contributed by atoms with Crippen molar-refractivity contribution in [3.63, 3.8) is 0 Å². The summed E-state index contributed by atoms with van der Waals surface area (Å²) in [4.78, 5) is 26.4. The molecule has 1 aliphatic carbocycles.